The van der Waals surface area contributed by atoms with Gasteiger partial charge in [0.15, 0.2) is 0 Å². The van der Waals surface area contributed by atoms with Gasteiger partial charge in [-0.15, -0.1) is 0 Å². The van der Waals surface area contributed by atoms with Crippen molar-refractivity contribution in [2.24, 2.45) is 5.92 Å². The molecule has 9 nitrogen and oxygen atoms in total. The third kappa shape index (κ3) is 3.66. The Hall–Kier alpha value is -2.97. The fourth-order valence-corrected chi connectivity index (χ4v) is 4.75. The van der Waals surface area contributed by atoms with Gasteiger partial charge in [-0.1, -0.05) is 6.42 Å². The first kappa shape index (κ1) is 20.0. The van der Waals surface area contributed by atoms with Crippen LogP contribution in [0.4, 0.5) is 0 Å². The van der Waals surface area contributed by atoms with Crippen LogP contribution >= 0.6 is 0 Å². The van der Waals surface area contributed by atoms with Crippen molar-refractivity contribution >= 4 is 11.8 Å². The van der Waals surface area contributed by atoms with E-state index in [1.54, 1.807) is 22.0 Å². The van der Waals surface area contributed by atoms with Gasteiger partial charge in [0.05, 0.1) is 24.0 Å². The summed E-state index contributed by atoms with van der Waals surface area (Å²) in [5.41, 5.74) is 1.88. The molecule has 31 heavy (non-hydrogen) atoms. The molecule has 1 N–H and O–H groups in total. The zero-order chi connectivity index (χ0) is 21.5. The molecule has 2 amide bonds. The highest BCUT2D eigenvalue weighted by molar-refractivity contribution is 5.94. The third-order valence-corrected chi connectivity index (χ3v) is 6.92. The van der Waals surface area contributed by atoms with Gasteiger partial charge in [-0.3, -0.25) is 19.1 Å². The molecule has 1 saturated carbocycles. The highest BCUT2D eigenvalue weighted by Crippen LogP contribution is 2.30. The Kier molecular flexibility index (Phi) is 5.11. The van der Waals surface area contributed by atoms with Gasteiger partial charge in [-0.2, -0.15) is 5.10 Å². The fourth-order valence-electron chi connectivity index (χ4n) is 4.75. The summed E-state index contributed by atoms with van der Waals surface area (Å²) in [6, 6.07) is 0. The van der Waals surface area contributed by atoms with E-state index in [1.165, 1.54) is 0 Å². The number of H-pyrrole nitrogens is 1. The van der Waals surface area contributed by atoms with Crippen LogP contribution in [-0.2, 0) is 24.3 Å². The number of aryl methyl sites for hydroxylation is 1. The first-order chi connectivity index (χ1) is 15.0. The van der Waals surface area contributed by atoms with Crippen molar-refractivity contribution in [2.75, 3.05) is 19.6 Å². The molecule has 0 bridgehead atoms. The van der Waals surface area contributed by atoms with E-state index in [2.05, 4.69) is 10.1 Å². The van der Waals surface area contributed by atoms with Gasteiger partial charge < -0.3 is 14.8 Å². The van der Waals surface area contributed by atoms with E-state index >= 15 is 0 Å². The smallest absolute Gasteiger partial charge is 0.257 e. The van der Waals surface area contributed by atoms with Crippen LogP contribution in [0.1, 0.15) is 66.0 Å². The Bertz CT molecular complexity index is 1070. The van der Waals surface area contributed by atoms with Crippen LogP contribution in [0.25, 0.3) is 0 Å². The Morgan fingerprint density at radius 2 is 2.03 bits per heavy atom. The van der Waals surface area contributed by atoms with Gasteiger partial charge in [-0.25, -0.2) is 4.98 Å². The molecule has 164 valence electrons. The molecule has 2 aliphatic heterocycles. The Labute approximate surface area is 180 Å². The summed E-state index contributed by atoms with van der Waals surface area (Å²) in [6.45, 7) is 4.83. The number of rotatable bonds is 4. The van der Waals surface area contributed by atoms with Gasteiger partial charge in [0.1, 0.15) is 5.82 Å². The van der Waals surface area contributed by atoms with Crippen molar-refractivity contribution in [2.45, 2.75) is 58.0 Å². The van der Waals surface area contributed by atoms with Crippen LogP contribution in [0.2, 0.25) is 0 Å². The van der Waals surface area contributed by atoms with Crippen molar-refractivity contribution in [3.8, 4) is 0 Å². The second kappa shape index (κ2) is 7.94. The second-order valence-electron chi connectivity index (χ2n) is 8.84. The zero-order valence-corrected chi connectivity index (χ0v) is 17.8. The molecule has 1 aliphatic carbocycles. The number of likely N-dealkylation sites (tertiary alicyclic amines) is 1. The number of nitrogens with zero attached hydrogens (tertiary/aromatic N) is 5. The van der Waals surface area contributed by atoms with Crippen molar-refractivity contribution in [3.05, 3.63) is 45.4 Å². The van der Waals surface area contributed by atoms with Crippen LogP contribution < -0.4 is 5.56 Å². The molecule has 2 fully saturated rings. The predicted octanol–water partition coefficient (Wildman–Crippen LogP) is 1.30. The van der Waals surface area contributed by atoms with Crippen LogP contribution in [0.3, 0.4) is 0 Å². The average molecular weight is 425 g/mol. The van der Waals surface area contributed by atoms with E-state index in [1.807, 2.05) is 11.8 Å². The lowest BCUT2D eigenvalue weighted by Crippen LogP contribution is -2.43. The Morgan fingerprint density at radius 3 is 2.74 bits per heavy atom. The third-order valence-electron chi connectivity index (χ3n) is 6.92. The number of aromatic amines is 1. The van der Waals surface area contributed by atoms with Crippen LogP contribution in [0.5, 0.6) is 0 Å². The Morgan fingerprint density at radius 1 is 1.19 bits per heavy atom. The quantitative estimate of drug-likeness (QED) is 0.797. The lowest BCUT2D eigenvalue weighted by Gasteiger charge is -2.34. The maximum atomic E-state index is 12.8. The Balaban J connectivity index is 1.31. The number of hydrogen-bond acceptors (Lipinski definition) is 5. The molecular formula is C22H28N6O3. The van der Waals surface area contributed by atoms with Crippen LogP contribution in [-0.4, -0.2) is 61.0 Å². The van der Waals surface area contributed by atoms with Crippen molar-refractivity contribution in [3.63, 3.8) is 0 Å². The van der Waals surface area contributed by atoms with E-state index in [0.717, 1.165) is 32.2 Å². The fraction of sp³-hybridized carbons (Fsp3) is 0.591. The molecule has 0 spiro atoms. The average Bonchev–Trinajstić information content (AvgIpc) is 3.41. The number of aromatic nitrogens is 4. The summed E-state index contributed by atoms with van der Waals surface area (Å²) in [4.78, 5) is 49.5. The minimum atomic E-state index is -0.107. The first-order valence-electron chi connectivity index (χ1n) is 11.3. The van der Waals surface area contributed by atoms with Crippen molar-refractivity contribution in [1.82, 2.24) is 29.5 Å². The maximum absolute atomic E-state index is 12.8. The number of fused-ring (bicyclic) bond motifs is 1. The minimum absolute atomic E-state index is 0.0131. The molecule has 0 aromatic carbocycles. The number of carbonyl (C=O) groups is 2. The van der Waals surface area contributed by atoms with Crippen molar-refractivity contribution in [1.29, 1.82) is 0 Å². The van der Waals surface area contributed by atoms with E-state index in [4.69, 9.17) is 4.98 Å². The summed E-state index contributed by atoms with van der Waals surface area (Å²) < 4.78 is 1.74. The zero-order valence-electron chi connectivity index (χ0n) is 17.8. The van der Waals surface area contributed by atoms with Gasteiger partial charge in [-0.05, 0) is 32.6 Å². The largest absolute Gasteiger partial charge is 0.338 e. The highest BCUT2D eigenvalue weighted by Gasteiger charge is 2.34. The molecule has 0 unspecified atom stereocenters. The normalized spacial score (nSPS) is 21.1. The number of amides is 2. The summed E-state index contributed by atoms with van der Waals surface area (Å²) in [5.74, 6) is 0.919. The van der Waals surface area contributed by atoms with Crippen LogP contribution in [0, 0.1) is 5.92 Å². The molecule has 4 heterocycles. The lowest BCUT2D eigenvalue weighted by atomic mass is 9.84. The topological polar surface area (TPSA) is 104 Å². The SMILES string of the molecule is CCn1cc(C(=O)N2CC[C@@H](c3nc4c(c(=O)[nH]3)CCN(C(=O)C3CCC3)C4)C2)cn1. The van der Waals surface area contributed by atoms with Crippen molar-refractivity contribution < 1.29 is 9.59 Å². The number of nitrogens with one attached hydrogen (secondary N) is 1. The van der Waals surface area contributed by atoms with Gasteiger partial charge in [0.25, 0.3) is 11.5 Å². The second-order valence-corrected chi connectivity index (χ2v) is 8.84. The van der Waals surface area contributed by atoms with Gasteiger partial charge >= 0.3 is 0 Å². The highest BCUT2D eigenvalue weighted by atomic mass is 16.2. The van der Waals surface area contributed by atoms with Crippen LogP contribution in [0.15, 0.2) is 17.2 Å². The standard InChI is InChI=1S/C22H28N6O3/c1-2-28-12-16(10-23-28)22(31)26-8-6-15(11-26)19-24-18-13-27(21(30)14-4-3-5-14)9-7-17(18)20(29)25-19/h10,12,14-15H,2-9,11,13H2,1H3,(H,24,25,29)/t15-/m1/s1. The summed E-state index contributed by atoms with van der Waals surface area (Å²) in [7, 11) is 0. The molecular weight excluding hydrogens is 396 g/mol. The summed E-state index contributed by atoms with van der Waals surface area (Å²) in [5, 5.41) is 4.19. The number of carbonyl (C=O) groups excluding carboxylic acids is 2. The molecule has 3 aliphatic rings. The van der Waals surface area contributed by atoms with Gasteiger partial charge in [0, 0.05) is 49.8 Å². The van der Waals surface area contributed by atoms with E-state index in [0.29, 0.717) is 55.2 Å². The first-order valence-corrected chi connectivity index (χ1v) is 11.3. The summed E-state index contributed by atoms with van der Waals surface area (Å²) in [6.07, 6.45) is 7.74. The van der Waals surface area contributed by atoms with Gasteiger partial charge in [0.2, 0.25) is 5.91 Å². The summed E-state index contributed by atoms with van der Waals surface area (Å²) >= 11 is 0. The maximum Gasteiger partial charge on any atom is 0.257 e. The number of hydrogen-bond donors (Lipinski definition) is 1. The lowest BCUT2D eigenvalue weighted by molar-refractivity contribution is -0.139. The monoisotopic (exact) mass is 424 g/mol. The molecule has 2 aromatic rings. The van der Waals surface area contributed by atoms with E-state index < -0.39 is 0 Å². The molecule has 9 heteroatoms. The molecule has 2 aromatic heterocycles. The van der Waals surface area contributed by atoms with E-state index in [-0.39, 0.29) is 29.2 Å². The molecule has 1 saturated heterocycles. The molecule has 5 rings (SSSR count). The minimum Gasteiger partial charge on any atom is -0.338 e. The van der Waals surface area contributed by atoms with E-state index in [9.17, 15) is 14.4 Å². The molecule has 0 radical (unpaired) electrons. The predicted molar refractivity (Wildman–Crippen MR) is 112 cm³/mol. The molecule has 1 atom stereocenters.